The van der Waals surface area contributed by atoms with Gasteiger partial charge in [0.1, 0.15) is 5.75 Å². The Morgan fingerprint density at radius 1 is 0.895 bits per heavy atom. The van der Waals surface area contributed by atoms with Crippen LogP contribution in [0.3, 0.4) is 0 Å². The van der Waals surface area contributed by atoms with E-state index in [2.05, 4.69) is 13.8 Å². The summed E-state index contributed by atoms with van der Waals surface area (Å²) in [6, 6.07) is 8.71. The van der Waals surface area contributed by atoms with Gasteiger partial charge in [0, 0.05) is 0 Å². The van der Waals surface area contributed by atoms with Crippen molar-refractivity contribution in [3.05, 3.63) is 37.3 Å². The Bertz CT molecular complexity index is 224. The molecular formula is C15H25O3Ti-. The van der Waals surface area contributed by atoms with Gasteiger partial charge in [-0.25, -0.2) is 0 Å². The number of phenolic OH excluding ortho intramolecular Hbond substituents is 1. The Kier molecular flexibility index (Phi) is 32.5. The summed E-state index contributed by atoms with van der Waals surface area (Å²) in [4.78, 5) is 0. The Labute approximate surface area is 132 Å². The zero-order valence-electron chi connectivity index (χ0n) is 11.8. The number of aromatic hydroxyl groups is 1. The van der Waals surface area contributed by atoms with E-state index in [1.165, 1.54) is 38.5 Å². The normalized spacial score (nSPS) is 7.89. The Balaban J connectivity index is -0.000000104. The maximum atomic E-state index is 8.63. The van der Waals surface area contributed by atoms with Gasteiger partial charge in [0.15, 0.2) is 0 Å². The summed E-state index contributed by atoms with van der Waals surface area (Å²) in [6.07, 6.45) is 9.45. The number of hydrogen-bond acceptors (Lipinski definition) is 1. The molecule has 0 saturated heterocycles. The molecule has 3 nitrogen and oxygen atoms in total. The Morgan fingerprint density at radius 2 is 1.37 bits per heavy atom. The van der Waals surface area contributed by atoms with Crippen LogP contribution in [0.5, 0.6) is 5.75 Å². The summed E-state index contributed by atoms with van der Waals surface area (Å²) < 4.78 is 0. The number of rotatable bonds is 6. The second kappa shape index (κ2) is 22.8. The molecule has 1 N–H and O–H groups in total. The third-order valence-corrected chi connectivity index (χ3v) is 2.36. The predicted octanol–water partition coefficient (Wildman–Crippen LogP) is 4.72. The topological polar surface area (TPSA) is 77.2 Å². The van der Waals surface area contributed by atoms with Gasteiger partial charge < -0.3 is 23.0 Å². The van der Waals surface area contributed by atoms with Crippen molar-refractivity contribution in [2.75, 3.05) is 0 Å². The van der Waals surface area contributed by atoms with Crippen LogP contribution in [-0.2, 0) is 32.7 Å². The van der Waals surface area contributed by atoms with Crippen LogP contribution in [0.2, 0.25) is 0 Å². The van der Waals surface area contributed by atoms with E-state index in [0.717, 1.165) is 6.42 Å². The number of para-hydroxylation sites is 1. The number of unbranched alkanes of at least 4 members (excludes halogenated alkanes) is 6. The first-order valence-corrected chi connectivity index (χ1v) is 6.34. The largest absolute Gasteiger partial charge is 4.00 e. The second-order valence-corrected chi connectivity index (χ2v) is 3.96. The van der Waals surface area contributed by atoms with E-state index < -0.39 is 0 Å². The van der Waals surface area contributed by atoms with E-state index >= 15 is 0 Å². The molecule has 1 rings (SSSR count). The van der Waals surface area contributed by atoms with Crippen molar-refractivity contribution >= 4 is 0 Å². The van der Waals surface area contributed by atoms with Crippen molar-refractivity contribution in [3.8, 4) is 5.75 Å². The number of phenols is 1. The fourth-order valence-electron chi connectivity index (χ4n) is 1.39. The van der Waals surface area contributed by atoms with Crippen molar-refractivity contribution in [1.29, 1.82) is 0 Å². The molecule has 0 aromatic heterocycles. The van der Waals surface area contributed by atoms with Crippen LogP contribution in [0, 0.1) is 6.92 Å². The molecule has 0 heterocycles. The smallest absolute Gasteiger partial charge is 2.00 e. The number of benzene rings is 1. The molecule has 19 heavy (non-hydrogen) atoms. The van der Waals surface area contributed by atoms with Crippen molar-refractivity contribution in [2.45, 2.75) is 51.9 Å². The summed E-state index contributed by atoms with van der Waals surface area (Å²) in [7, 11) is 0. The minimum Gasteiger partial charge on any atom is -2.00 e. The quantitative estimate of drug-likeness (QED) is 0.460. The molecule has 0 unspecified atom stereocenters. The molecule has 1 aromatic rings. The van der Waals surface area contributed by atoms with E-state index in [1.807, 2.05) is 6.07 Å². The second-order valence-electron chi connectivity index (χ2n) is 3.96. The van der Waals surface area contributed by atoms with E-state index in [4.69, 9.17) is 5.11 Å². The number of hydrogen-bond donors (Lipinski definition) is 1. The van der Waals surface area contributed by atoms with Gasteiger partial charge in [-0.15, -0.1) is 0 Å². The molecule has 0 atom stereocenters. The van der Waals surface area contributed by atoms with Gasteiger partial charge in [0.25, 0.3) is 0 Å². The Morgan fingerprint density at radius 3 is 1.74 bits per heavy atom. The summed E-state index contributed by atoms with van der Waals surface area (Å²) in [5.41, 5.74) is 0. The first kappa shape index (κ1) is 27.1. The van der Waals surface area contributed by atoms with E-state index in [0.29, 0.717) is 5.75 Å². The van der Waals surface area contributed by atoms with Gasteiger partial charge in [-0.2, -0.15) is 6.42 Å². The maximum absolute atomic E-state index is 8.63. The molecule has 0 spiro atoms. The molecule has 0 aliphatic rings. The van der Waals surface area contributed by atoms with Crippen molar-refractivity contribution < 1.29 is 37.8 Å². The molecule has 0 aliphatic heterocycles. The van der Waals surface area contributed by atoms with Crippen LogP contribution in [0.4, 0.5) is 0 Å². The zero-order chi connectivity index (χ0) is 12.1. The molecule has 0 fully saturated rings. The maximum Gasteiger partial charge on any atom is 4.00 e. The first-order chi connectivity index (χ1) is 7.81. The predicted molar refractivity (Wildman–Crippen MR) is 72.8 cm³/mol. The van der Waals surface area contributed by atoms with Crippen molar-refractivity contribution in [2.24, 2.45) is 0 Å². The monoisotopic (exact) mass is 301 g/mol. The van der Waals surface area contributed by atoms with Crippen LogP contribution < -0.4 is 0 Å². The molecule has 0 amide bonds. The van der Waals surface area contributed by atoms with Crippen LogP contribution in [0.25, 0.3) is 0 Å². The van der Waals surface area contributed by atoms with Gasteiger partial charge in [-0.3, -0.25) is 0 Å². The Hall–Kier alpha value is -0.346. The third kappa shape index (κ3) is 23.2. The fraction of sp³-hybridized carbons (Fsp3) is 0.533. The van der Waals surface area contributed by atoms with E-state index in [-0.39, 0.29) is 32.7 Å². The van der Waals surface area contributed by atoms with Gasteiger partial charge >= 0.3 is 21.7 Å². The zero-order valence-corrected chi connectivity index (χ0v) is 13.4. The third-order valence-electron chi connectivity index (χ3n) is 2.36. The van der Waals surface area contributed by atoms with Crippen molar-refractivity contribution in [3.63, 3.8) is 0 Å². The standard InChI is InChI=1S/C9H19.C6H6O.2O.Ti/c1-3-5-7-9-8-6-4-2;7-6-4-2-1-3-5-6;;;/h1,3-9H2,2H3;1-5,7H;;;/q-1;;2*-2;+4. The van der Waals surface area contributed by atoms with Gasteiger partial charge in [-0.1, -0.05) is 63.6 Å². The van der Waals surface area contributed by atoms with Gasteiger partial charge in [0.2, 0.25) is 0 Å². The first-order valence-electron chi connectivity index (χ1n) is 6.34. The molecule has 108 valence electrons. The van der Waals surface area contributed by atoms with E-state index in [9.17, 15) is 0 Å². The minimum atomic E-state index is 0. The van der Waals surface area contributed by atoms with Crippen molar-refractivity contribution in [1.82, 2.24) is 0 Å². The summed E-state index contributed by atoms with van der Waals surface area (Å²) >= 11 is 0. The minimum absolute atomic E-state index is 0. The van der Waals surface area contributed by atoms with Gasteiger partial charge in [-0.05, 0) is 12.1 Å². The van der Waals surface area contributed by atoms with Crippen LogP contribution in [0.15, 0.2) is 30.3 Å². The summed E-state index contributed by atoms with van der Waals surface area (Å²) in [6.45, 7) is 6.05. The average molecular weight is 301 g/mol. The molecule has 0 aliphatic carbocycles. The fourth-order valence-corrected chi connectivity index (χ4v) is 1.39. The van der Waals surface area contributed by atoms with E-state index in [1.54, 1.807) is 24.3 Å². The van der Waals surface area contributed by atoms with Crippen LogP contribution in [-0.4, -0.2) is 5.11 Å². The average Bonchev–Trinajstić information content (AvgIpc) is 2.31. The van der Waals surface area contributed by atoms with Crippen LogP contribution in [0.1, 0.15) is 51.9 Å². The van der Waals surface area contributed by atoms with Gasteiger partial charge in [0.05, 0.1) is 0 Å². The molecule has 4 heteroatoms. The summed E-state index contributed by atoms with van der Waals surface area (Å²) in [5, 5.41) is 8.63. The van der Waals surface area contributed by atoms with Crippen LogP contribution >= 0.6 is 0 Å². The molecule has 1 aromatic carbocycles. The molecular weight excluding hydrogens is 276 g/mol. The molecule has 0 bridgehead atoms. The SMILES string of the molecule is Oc1ccccc1.[CH2-]CCCCCCCC.[O-2].[O-2].[Ti+4]. The molecule has 0 radical (unpaired) electrons. The molecule has 0 saturated carbocycles. The summed E-state index contributed by atoms with van der Waals surface area (Å²) in [5.74, 6) is 0.322.